The van der Waals surface area contributed by atoms with Crippen molar-refractivity contribution in [3.8, 4) is 5.88 Å². The van der Waals surface area contributed by atoms with E-state index >= 15 is 0 Å². The van der Waals surface area contributed by atoms with Crippen molar-refractivity contribution in [2.75, 3.05) is 27.2 Å². The lowest BCUT2D eigenvalue weighted by Gasteiger charge is -2.18. The second-order valence-electron chi connectivity index (χ2n) is 5.81. The molecule has 2 amide bonds. The summed E-state index contributed by atoms with van der Waals surface area (Å²) < 4.78 is 5.93. The quantitative estimate of drug-likeness (QED) is 0.852. The molecule has 1 aliphatic heterocycles. The molecule has 1 fully saturated rings. The Balaban J connectivity index is 1.68. The van der Waals surface area contributed by atoms with E-state index in [2.05, 4.69) is 4.98 Å². The van der Waals surface area contributed by atoms with Gasteiger partial charge in [-0.1, -0.05) is 6.07 Å². The SMILES string of the molecule is CN(C)C(=O)c1cccnc1OC1CCN(C(=O)c2cccs2)C1. The van der Waals surface area contributed by atoms with Crippen LogP contribution in [0, 0.1) is 0 Å². The first kappa shape index (κ1) is 16.4. The summed E-state index contributed by atoms with van der Waals surface area (Å²) in [5.74, 6) is 0.205. The average Bonchev–Trinajstić information content (AvgIpc) is 3.26. The van der Waals surface area contributed by atoms with Gasteiger partial charge in [-0.15, -0.1) is 11.3 Å². The molecule has 126 valence electrons. The lowest BCUT2D eigenvalue weighted by atomic mass is 10.2. The number of hydrogen-bond acceptors (Lipinski definition) is 5. The summed E-state index contributed by atoms with van der Waals surface area (Å²) in [5.41, 5.74) is 0.436. The van der Waals surface area contributed by atoms with E-state index < -0.39 is 0 Å². The third-order valence-electron chi connectivity index (χ3n) is 3.85. The van der Waals surface area contributed by atoms with Crippen molar-refractivity contribution in [3.63, 3.8) is 0 Å². The van der Waals surface area contributed by atoms with Crippen LogP contribution in [0.1, 0.15) is 26.5 Å². The molecule has 1 saturated heterocycles. The lowest BCUT2D eigenvalue weighted by molar-refractivity contribution is 0.0767. The van der Waals surface area contributed by atoms with Gasteiger partial charge in [0.15, 0.2) is 0 Å². The molecule has 0 N–H and O–H groups in total. The second-order valence-corrected chi connectivity index (χ2v) is 6.76. The van der Waals surface area contributed by atoms with Gasteiger partial charge in [0.25, 0.3) is 11.8 Å². The third kappa shape index (κ3) is 3.41. The molecule has 0 aliphatic carbocycles. The predicted octanol–water partition coefficient (Wildman–Crippen LogP) is 2.14. The van der Waals surface area contributed by atoms with Gasteiger partial charge in [-0.2, -0.15) is 0 Å². The Morgan fingerprint density at radius 1 is 1.33 bits per heavy atom. The third-order valence-corrected chi connectivity index (χ3v) is 4.71. The van der Waals surface area contributed by atoms with Gasteiger partial charge < -0.3 is 14.5 Å². The number of ether oxygens (including phenoxy) is 1. The number of hydrogen-bond donors (Lipinski definition) is 0. The van der Waals surface area contributed by atoms with Gasteiger partial charge in [0, 0.05) is 33.3 Å². The summed E-state index contributed by atoms with van der Waals surface area (Å²) in [6, 6.07) is 7.11. The van der Waals surface area contributed by atoms with E-state index in [0.29, 0.717) is 24.5 Å². The number of nitrogens with zero attached hydrogens (tertiary/aromatic N) is 3. The second kappa shape index (κ2) is 7.00. The summed E-state index contributed by atoms with van der Waals surface area (Å²) in [7, 11) is 3.38. The minimum atomic E-state index is -0.155. The molecular weight excluding hydrogens is 326 g/mol. The highest BCUT2D eigenvalue weighted by Crippen LogP contribution is 2.23. The van der Waals surface area contributed by atoms with Crippen molar-refractivity contribution in [1.29, 1.82) is 0 Å². The smallest absolute Gasteiger partial charge is 0.264 e. The van der Waals surface area contributed by atoms with Gasteiger partial charge in [-0.3, -0.25) is 9.59 Å². The first-order valence-corrected chi connectivity index (χ1v) is 8.60. The molecule has 0 saturated carbocycles. The normalized spacial score (nSPS) is 16.9. The Labute approximate surface area is 144 Å². The zero-order valence-corrected chi connectivity index (χ0v) is 14.5. The Hall–Kier alpha value is -2.41. The molecular formula is C17H19N3O3S. The van der Waals surface area contributed by atoms with Crippen LogP contribution in [0.5, 0.6) is 5.88 Å². The molecule has 2 aromatic heterocycles. The lowest BCUT2D eigenvalue weighted by Crippen LogP contribution is -2.31. The van der Waals surface area contributed by atoms with E-state index in [-0.39, 0.29) is 17.9 Å². The van der Waals surface area contributed by atoms with E-state index in [0.717, 1.165) is 11.3 Å². The first-order valence-electron chi connectivity index (χ1n) is 7.72. The summed E-state index contributed by atoms with van der Waals surface area (Å²) in [5, 5.41) is 1.89. The summed E-state index contributed by atoms with van der Waals surface area (Å²) in [6.45, 7) is 1.15. The Kier molecular flexibility index (Phi) is 4.80. The molecule has 1 atom stereocenters. The summed E-state index contributed by atoms with van der Waals surface area (Å²) >= 11 is 1.44. The largest absolute Gasteiger partial charge is 0.472 e. The van der Waals surface area contributed by atoms with Crippen LogP contribution in [0.4, 0.5) is 0 Å². The number of likely N-dealkylation sites (tertiary alicyclic amines) is 1. The van der Waals surface area contributed by atoms with Crippen LogP contribution < -0.4 is 4.74 Å². The van der Waals surface area contributed by atoms with Gasteiger partial charge in [0.2, 0.25) is 5.88 Å². The van der Waals surface area contributed by atoms with Crippen LogP contribution in [0.2, 0.25) is 0 Å². The molecule has 0 spiro atoms. The molecule has 0 aromatic carbocycles. The highest BCUT2D eigenvalue weighted by molar-refractivity contribution is 7.12. The maximum atomic E-state index is 12.4. The number of pyridine rings is 1. The van der Waals surface area contributed by atoms with E-state index in [1.807, 2.05) is 17.5 Å². The van der Waals surface area contributed by atoms with Crippen LogP contribution in [0.3, 0.4) is 0 Å². The fraction of sp³-hybridized carbons (Fsp3) is 0.353. The molecule has 7 heteroatoms. The Morgan fingerprint density at radius 2 is 2.17 bits per heavy atom. The molecule has 0 radical (unpaired) electrons. The van der Waals surface area contributed by atoms with Crippen molar-refractivity contribution in [3.05, 3.63) is 46.3 Å². The fourth-order valence-electron chi connectivity index (χ4n) is 2.61. The number of carbonyl (C=O) groups is 2. The van der Waals surface area contributed by atoms with E-state index in [9.17, 15) is 9.59 Å². The topological polar surface area (TPSA) is 62.7 Å². The van der Waals surface area contributed by atoms with Crippen LogP contribution in [0.25, 0.3) is 0 Å². The maximum absolute atomic E-state index is 12.4. The van der Waals surface area contributed by atoms with Crippen LogP contribution >= 0.6 is 11.3 Å². The van der Waals surface area contributed by atoms with E-state index in [4.69, 9.17) is 4.74 Å². The zero-order valence-electron chi connectivity index (χ0n) is 13.6. The molecule has 3 rings (SSSR count). The van der Waals surface area contributed by atoms with Crippen molar-refractivity contribution >= 4 is 23.2 Å². The minimum Gasteiger partial charge on any atom is -0.472 e. The Morgan fingerprint density at radius 3 is 2.88 bits per heavy atom. The van der Waals surface area contributed by atoms with Crippen molar-refractivity contribution in [2.24, 2.45) is 0 Å². The number of rotatable bonds is 4. The number of carbonyl (C=O) groups excluding carboxylic acids is 2. The molecule has 6 nitrogen and oxygen atoms in total. The van der Waals surface area contributed by atoms with Gasteiger partial charge in [0.05, 0.1) is 11.4 Å². The van der Waals surface area contributed by atoms with Gasteiger partial charge >= 0.3 is 0 Å². The van der Waals surface area contributed by atoms with Crippen molar-refractivity contribution < 1.29 is 14.3 Å². The maximum Gasteiger partial charge on any atom is 0.264 e. The monoisotopic (exact) mass is 345 g/mol. The zero-order chi connectivity index (χ0) is 17.1. The molecule has 1 aliphatic rings. The molecule has 1 unspecified atom stereocenters. The van der Waals surface area contributed by atoms with E-state index in [1.165, 1.54) is 16.2 Å². The molecule has 24 heavy (non-hydrogen) atoms. The molecule has 2 aromatic rings. The number of thiophene rings is 1. The van der Waals surface area contributed by atoms with Crippen molar-refractivity contribution in [2.45, 2.75) is 12.5 Å². The predicted molar refractivity (Wildman–Crippen MR) is 91.5 cm³/mol. The van der Waals surface area contributed by atoms with E-state index in [1.54, 1.807) is 37.3 Å². The Bertz CT molecular complexity index is 730. The number of aromatic nitrogens is 1. The van der Waals surface area contributed by atoms with Gasteiger partial charge in [-0.25, -0.2) is 4.98 Å². The number of amides is 2. The summed E-state index contributed by atoms with van der Waals surface area (Å²) in [4.78, 5) is 32.8. The standard InChI is InChI=1S/C17H19N3O3S/c1-19(2)16(21)13-5-3-8-18-15(13)23-12-7-9-20(11-12)17(22)14-6-4-10-24-14/h3-6,8,10,12H,7,9,11H2,1-2H3. The highest BCUT2D eigenvalue weighted by Gasteiger charge is 2.30. The molecule has 0 bridgehead atoms. The minimum absolute atomic E-state index is 0.0294. The summed E-state index contributed by atoms with van der Waals surface area (Å²) in [6.07, 6.45) is 2.17. The van der Waals surface area contributed by atoms with Crippen LogP contribution in [-0.4, -0.2) is 59.9 Å². The fourth-order valence-corrected chi connectivity index (χ4v) is 3.30. The van der Waals surface area contributed by atoms with Crippen LogP contribution in [0.15, 0.2) is 35.8 Å². The van der Waals surface area contributed by atoms with Gasteiger partial charge in [0.1, 0.15) is 11.7 Å². The van der Waals surface area contributed by atoms with Crippen molar-refractivity contribution in [1.82, 2.24) is 14.8 Å². The van der Waals surface area contributed by atoms with Crippen LogP contribution in [-0.2, 0) is 0 Å². The molecule has 3 heterocycles. The highest BCUT2D eigenvalue weighted by atomic mass is 32.1. The first-order chi connectivity index (χ1) is 11.6. The average molecular weight is 345 g/mol. The van der Waals surface area contributed by atoms with Gasteiger partial charge in [-0.05, 0) is 23.6 Å².